The van der Waals surface area contributed by atoms with E-state index < -0.39 is 0 Å². The average molecular weight is 407 g/mol. The number of anilines is 1. The van der Waals surface area contributed by atoms with Gasteiger partial charge in [0, 0.05) is 32.9 Å². The Hall–Kier alpha value is -1.87. The summed E-state index contributed by atoms with van der Waals surface area (Å²) in [7, 11) is 0. The van der Waals surface area contributed by atoms with Gasteiger partial charge < -0.3 is 10.1 Å². The van der Waals surface area contributed by atoms with E-state index >= 15 is 0 Å². The highest BCUT2D eigenvalue weighted by Gasteiger charge is 2.07. The molecule has 0 fully saturated rings. The standard InChI is InChI=1S/C21H18Cl3NO/c1-14-8-9-16(11-21(14)24)25-12-15-4-2-5-17(10-15)26-13-18-19(22)6-3-7-20(18)23/h2-11,25H,12-13H2,1H3. The van der Waals surface area contributed by atoms with E-state index in [-0.39, 0.29) is 0 Å². The molecule has 0 aliphatic rings. The van der Waals surface area contributed by atoms with Gasteiger partial charge >= 0.3 is 0 Å². The Labute approximate surface area is 168 Å². The molecule has 0 amide bonds. The van der Waals surface area contributed by atoms with Crippen LogP contribution in [-0.4, -0.2) is 0 Å². The topological polar surface area (TPSA) is 21.3 Å². The fourth-order valence-corrected chi connectivity index (χ4v) is 3.17. The van der Waals surface area contributed by atoms with Gasteiger partial charge in [0.15, 0.2) is 0 Å². The van der Waals surface area contributed by atoms with Gasteiger partial charge in [0.25, 0.3) is 0 Å². The van der Waals surface area contributed by atoms with Gasteiger partial charge in [-0.1, -0.05) is 59.1 Å². The minimum Gasteiger partial charge on any atom is -0.489 e. The summed E-state index contributed by atoms with van der Waals surface area (Å²) in [6.07, 6.45) is 0. The molecule has 0 aliphatic heterocycles. The number of hydrogen-bond donors (Lipinski definition) is 1. The Kier molecular flexibility index (Phi) is 6.31. The van der Waals surface area contributed by atoms with Gasteiger partial charge in [-0.25, -0.2) is 0 Å². The van der Waals surface area contributed by atoms with Gasteiger partial charge in [-0.15, -0.1) is 0 Å². The van der Waals surface area contributed by atoms with Crippen molar-refractivity contribution >= 4 is 40.5 Å². The molecule has 0 radical (unpaired) electrons. The summed E-state index contributed by atoms with van der Waals surface area (Å²) in [5.41, 5.74) is 3.93. The summed E-state index contributed by atoms with van der Waals surface area (Å²) >= 11 is 18.5. The summed E-state index contributed by atoms with van der Waals surface area (Å²) in [6, 6.07) is 19.3. The molecule has 0 heterocycles. The van der Waals surface area contributed by atoms with Crippen molar-refractivity contribution in [1.29, 1.82) is 0 Å². The lowest BCUT2D eigenvalue weighted by atomic mass is 10.2. The normalized spacial score (nSPS) is 10.6. The minimum atomic E-state index is 0.322. The van der Waals surface area contributed by atoms with Crippen molar-refractivity contribution in [3.05, 3.63) is 92.4 Å². The van der Waals surface area contributed by atoms with Crippen LogP contribution >= 0.6 is 34.8 Å². The van der Waals surface area contributed by atoms with Crippen LogP contribution in [0, 0.1) is 6.92 Å². The van der Waals surface area contributed by atoms with E-state index in [1.807, 2.05) is 55.5 Å². The van der Waals surface area contributed by atoms with E-state index in [0.29, 0.717) is 23.2 Å². The second kappa shape index (κ2) is 8.68. The lowest BCUT2D eigenvalue weighted by molar-refractivity contribution is 0.306. The van der Waals surface area contributed by atoms with E-state index in [1.54, 1.807) is 12.1 Å². The van der Waals surface area contributed by atoms with Gasteiger partial charge in [0.05, 0.1) is 0 Å². The number of rotatable bonds is 6. The van der Waals surface area contributed by atoms with Crippen molar-refractivity contribution < 1.29 is 4.74 Å². The van der Waals surface area contributed by atoms with Gasteiger partial charge in [0.2, 0.25) is 0 Å². The Morgan fingerprint density at radius 2 is 1.58 bits per heavy atom. The Morgan fingerprint density at radius 3 is 2.31 bits per heavy atom. The van der Waals surface area contributed by atoms with Gasteiger partial charge in [-0.2, -0.15) is 0 Å². The molecule has 3 aromatic carbocycles. The molecular weight excluding hydrogens is 389 g/mol. The smallest absolute Gasteiger partial charge is 0.120 e. The zero-order chi connectivity index (χ0) is 18.5. The Bertz CT molecular complexity index is 891. The van der Waals surface area contributed by atoms with Crippen LogP contribution in [-0.2, 0) is 13.2 Å². The lowest BCUT2D eigenvalue weighted by Crippen LogP contribution is -2.01. The fraction of sp³-hybridized carbons (Fsp3) is 0.143. The number of halogens is 3. The van der Waals surface area contributed by atoms with Crippen LogP contribution in [0.4, 0.5) is 5.69 Å². The van der Waals surface area contributed by atoms with E-state index in [1.165, 1.54) is 0 Å². The maximum Gasteiger partial charge on any atom is 0.120 e. The molecule has 1 N–H and O–H groups in total. The average Bonchev–Trinajstić information content (AvgIpc) is 2.63. The first-order chi connectivity index (χ1) is 12.5. The first-order valence-electron chi connectivity index (χ1n) is 8.17. The molecule has 0 saturated heterocycles. The van der Waals surface area contributed by atoms with Crippen molar-refractivity contribution in [2.45, 2.75) is 20.1 Å². The second-order valence-corrected chi connectivity index (χ2v) is 7.18. The molecule has 0 unspecified atom stereocenters. The predicted molar refractivity (Wildman–Crippen MR) is 111 cm³/mol. The van der Waals surface area contributed by atoms with Crippen LogP contribution in [0.3, 0.4) is 0 Å². The molecule has 3 aromatic rings. The SMILES string of the molecule is Cc1ccc(NCc2cccc(OCc3c(Cl)cccc3Cl)c2)cc1Cl. The third kappa shape index (κ3) is 4.85. The van der Waals surface area contributed by atoms with E-state index in [4.69, 9.17) is 39.5 Å². The number of benzene rings is 3. The molecular formula is C21H18Cl3NO. The molecule has 0 saturated carbocycles. The summed E-state index contributed by atoms with van der Waals surface area (Å²) in [5, 5.41) is 5.33. The number of aryl methyl sites for hydroxylation is 1. The summed E-state index contributed by atoms with van der Waals surface area (Å²) in [4.78, 5) is 0. The van der Waals surface area contributed by atoms with Crippen molar-refractivity contribution in [2.75, 3.05) is 5.32 Å². The highest BCUT2D eigenvalue weighted by molar-refractivity contribution is 6.36. The largest absolute Gasteiger partial charge is 0.489 e. The van der Waals surface area contributed by atoms with E-state index in [2.05, 4.69) is 5.32 Å². The van der Waals surface area contributed by atoms with Gasteiger partial charge in [0.1, 0.15) is 12.4 Å². The monoisotopic (exact) mass is 405 g/mol. The third-order valence-corrected chi connectivity index (χ3v) is 5.13. The van der Waals surface area contributed by atoms with Crippen LogP contribution in [0.15, 0.2) is 60.7 Å². The zero-order valence-corrected chi connectivity index (χ0v) is 16.5. The van der Waals surface area contributed by atoms with Crippen molar-refractivity contribution in [2.24, 2.45) is 0 Å². The maximum absolute atomic E-state index is 6.18. The molecule has 0 aliphatic carbocycles. The fourth-order valence-electron chi connectivity index (χ4n) is 2.48. The molecule has 0 bridgehead atoms. The third-order valence-electron chi connectivity index (χ3n) is 4.01. The van der Waals surface area contributed by atoms with Crippen LogP contribution in [0.2, 0.25) is 15.1 Å². The Morgan fingerprint density at radius 1 is 0.846 bits per heavy atom. The highest BCUT2D eigenvalue weighted by atomic mass is 35.5. The molecule has 3 rings (SSSR count). The summed E-state index contributed by atoms with van der Waals surface area (Å²) in [6.45, 7) is 2.98. The maximum atomic E-state index is 6.18. The van der Waals surface area contributed by atoms with Gasteiger partial charge in [-0.05, 0) is 54.4 Å². The van der Waals surface area contributed by atoms with Gasteiger partial charge in [-0.3, -0.25) is 0 Å². The quantitative estimate of drug-likeness (QED) is 0.469. The highest BCUT2D eigenvalue weighted by Crippen LogP contribution is 2.26. The van der Waals surface area contributed by atoms with Crippen LogP contribution in [0.25, 0.3) is 0 Å². The molecule has 0 aromatic heterocycles. The minimum absolute atomic E-state index is 0.322. The van der Waals surface area contributed by atoms with Crippen LogP contribution in [0.5, 0.6) is 5.75 Å². The number of hydrogen-bond acceptors (Lipinski definition) is 2. The Balaban J connectivity index is 1.63. The molecule has 26 heavy (non-hydrogen) atoms. The second-order valence-electron chi connectivity index (χ2n) is 5.95. The van der Waals surface area contributed by atoms with E-state index in [0.717, 1.165) is 33.1 Å². The van der Waals surface area contributed by atoms with Crippen LogP contribution in [0.1, 0.15) is 16.7 Å². The zero-order valence-electron chi connectivity index (χ0n) is 14.2. The van der Waals surface area contributed by atoms with Crippen molar-refractivity contribution in [1.82, 2.24) is 0 Å². The molecule has 2 nitrogen and oxygen atoms in total. The summed E-state index contributed by atoms with van der Waals surface area (Å²) in [5.74, 6) is 0.766. The van der Waals surface area contributed by atoms with E-state index in [9.17, 15) is 0 Å². The first kappa shape index (κ1) is 18.9. The number of ether oxygens (including phenoxy) is 1. The first-order valence-corrected chi connectivity index (χ1v) is 9.31. The molecule has 0 atom stereocenters. The lowest BCUT2D eigenvalue weighted by Gasteiger charge is -2.12. The van der Waals surface area contributed by atoms with Crippen molar-refractivity contribution in [3.63, 3.8) is 0 Å². The van der Waals surface area contributed by atoms with Crippen molar-refractivity contribution in [3.8, 4) is 5.75 Å². The predicted octanol–water partition coefficient (Wildman–Crippen LogP) is 7.15. The van der Waals surface area contributed by atoms with Crippen LogP contribution < -0.4 is 10.1 Å². The molecule has 5 heteroatoms. The molecule has 134 valence electrons. The number of nitrogens with one attached hydrogen (secondary N) is 1. The molecule has 0 spiro atoms. The summed E-state index contributed by atoms with van der Waals surface area (Å²) < 4.78 is 5.86.